The van der Waals surface area contributed by atoms with E-state index in [1.165, 1.54) is 0 Å². The smallest absolute Gasteiger partial charge is 0.251 e. The number of carbonyl (C=O) groups is 1. The van der Waals surface area contributed by atoms with Gasteiger partial charge < -0.3 is 5.32 Å². The van der Waals surface area contributed by atoms with Crippen LogP contribution in [0.2, 0.25) is 0 Å². The van der Waals surface area contributed by atoms with Crippen molar-refractivity contribution >= 4 is 21.8 Å². The molecule has 94 valence electrons. The number of nitrogens with zero attached hydrogens (tertiary/aromatic N) is 3. The van der Waals surface area contributed by atoms with Gasteiger partial charge in [0.1, 0.15) is 0 Å². The Balaban J connectivity index is 2.10. The van der Waals surface area contributed by atoms with E-state index < -0.39 is 0 Å². The van der Waals surface area contributed by atoms with Gasteiger partial charge in [-0.15, -0.1) is 10.2 Å². The molecule has 7 heteroatoms. The number of aryl methyl sites for hydroxylation is 1. The van der Waals surface area contributed by atoms with Crippen molar-refractivity contribution in [1.29, 1.82) is 0 Å². The minimum Gasteiger partial charge on any atom is -0.342 e. The monoisotopic (exact) mass is 309 g/mol. The Morgan fingerprint density at radius 1 is 1.50 bits per heavy atom. The topological polar surface area (TPSA) is 83.6 Å². The summed E-state index contributed by atoms with van der Waals surface area (Å²) in [5.74, 6) is 0.292. The summed E-state index contributed by atoms with van der Waals surface area (Å²) >= 11 is 3.40. The highest BCUT2D eigenvalue weighted by atomic mass is 79.9. The van der Waals surface area contributed by atoms with Crippen molar-refractivity contribution in [2.24, 2.45) is 0 Å². The molecule has 2 aromatic rings. The van der Waals surface area contributed by atoms with Crippen LogP contribution in [0.5, 0.6) is 0 Å². The largest absolute Gasteiger partial charge is 0.342 e. The van der Waals surface area contributed by atoms with Gasteiger partial charge in [-0.05, 0) is 37.6 Å². The number of hydrogen-bond acceptors (Lipinski definition) is 4. The molecule has 0 fully saturated rings. The van der Waals surface area contributed by atoms with Crippen LogP contribution in [0.3, 0.4) is 0 Å². The summed E-state index contributed by atoms with van der Waals surface area (Å²) in [7, 11) is 0. The Labute approximate surface area is 112 Å². The number of carbonyl (C=O) groups excluding carboxylic acids is 1. The minimum atomic E-state index is -0.291. The maximum atomic E-state index is 12.0. The number of amides is 1. The Kier molecular flexibility index (Phi) is 3.71. The summed E-state index contributed by atoms with van der Waals surface area (Å²) in [4.78, 5) is 12.0. The lowest BCUT2D eigenvalue weighted by Gasteiger charge is -2.10. The molecule has 1 unspecified atom stereocenters. The number of benzene rings is 1. The number of rotatable bonds is 3. The van der Waals surface area contributed by atoms with E-state index >= 15 is 0 Å². The van der Waals surface area contributed by atoms with Gasteiger partial charge in [0.2, 0.25) is 0 Å². The van der Waals surface area contributed by atoms with Crippen molar-refractivity contribution in [2.45, 2.75) is 19.9 Å². The molecule has 0 aliphatic rings. The summed E-state index contributed by atoms with van der Waals surface area (Å²) < 4.78 is 0.977. The highest BCUT2D eigenvalue weighted by Gasteiger charge is 2.15. The van der Waals surface area contributed by atoms with E-state index in [9.17, 15) is 4.79 Å². The van der Waals surface area contributed by atoms with Gasteiger partial charge in [0.05, 0.1) is 6.04 Å². The first kappa shape index (κ1) is 12.7. The maximum Gasteiger partial charge on any atom is 0.251 e. The molecule has 18 heavy (non-hydrogen) atoms. The quantitative estimate of drug-likeness (QED) is 0.905. The lowest BCUT2D eigenvalue weighted by atomic mass is 10.1. The van der Waals surface area contributed by atoms with Gasteiger partial charge in [0.15, 0.2) is 5.82 Å². The minimum absolute atomic E-state index is 0.164. The average molecular weight is 310 g/mol. The van der Waals surface area contributed by atoms with E-state index in [0.29, 0.717) is 11.4 Å². The predicted molar refractivity (Wildman–Crippen MR) is 68.9 cm³/mol. The van der Waals surface area contributed by atoms with E-state index in [1.807, 2.05) is 19.1 Å². The van der Waals surface area contributed by atoms with Crippen LogP contribution in [0.25, 0.3) is 0 Å². The highest BCUT2D eigenvalue weighted by molar-refractivity contribution is 9.10. The first-order chi connectivity index (χ1) is 8.58. The van der Waals surface area contributed by atoms with E-state index in [2.05, 4.69) is 41.9 Å². The molecule has 1 aromatic heterocycles. The summed E-state index contributed by atoms with van der Waals surface area (Å²) in [6, 6.07) is 5.14. The molecule has 1 amide bonds. The van der Waals surface area contributed by atoms with E-state index in [1.54, 1.807) is 13.0 Å². The van der Waals surface area contributed by atoms with Gasteiger partial charge in [-0.1, -0.05) is 21.1 Å². The third-order valence-corrected chi connectivity index (χ3v) is 3.41. The normalized spacial score (nSPS) is 12.2. The van der Waals surface area contributed by atoms with Crippen molar-refractivity contribution in [2.75, 3.05) is 0 Å². The van der Waals surface area contributed by atoms with Crippen LogP contribution in [-0.4, -0.2) is 26.5 Å². The molecule has 0 aliphatic carbocycles. The zero-order valence-corrected chi connectivity index (χ0v) is 11.5. The highest BCUT2D eigenvalue weighted by Crippen LogP contribution is 2.17. The Morgan fingerprint density at radius 3 is 2.89 bits per heavy atom. The Hall–Kier alpha value is -1.76. The fourth-order valence-corrected chi connectivity index (χ4v) is 1.73. The van der Waals surface area contributed by atoms with Crippen LogP contribution in [0.1, 0.15) is 34.7 Å². The fraction of sp³-hybridized carbons (Fsp3) is 0.273. The van der Waals surface area contributed by atoms with Crippen LogP contribution in [0.4, 0.5) is 0 Å². The summed E-state index contributed by atoms with van der Waals surface area (Å²) in [5, 5.41) is 16.3. The van der Waals surface area contributed by atoms with Crippen LogP contribution >= 0.6 is 15.9 Å². The van der Waals surface area contributed by atoms with Crippen LogP contribution < -0.4 is 5.32 Å². The molecule has 0 spiro atoms. The lowest BCUT2D eigenvalue weighted by molar-refractivity contribution is 0.0938. The van der Waals surface area contributed by atoms with Crippen molar-refractivity contribution < 1.29 is 4.79 Å². The van der Waals surface area contributed by atoms with Gasteiger partial charge >= 0.3 is 0 Å². The van der Waals surface area contributed by atoms with Gasteiger partial charge in [-0.3, -0.25) is 4.79 Å². The number of tetrazole rings is 1. The number of hydrogen-bond donors (Lipinski definition) is 2. The molecule has 1 heterocycles. The Bertz CT molecular complexity index is 555. The van der Waals surface area contributed by atoms with Crippen molar-refractivity contribution in [1.82, 2.24) is 25.9 Å². The third kappa shape index (κ3) is 2.73. The zero-order chi connectivity index (χ0) is 13.1. The van der Waals surface area contributed by atoms with Crippen LogP contribution in [-0.2, 0) is 0 Å². The number of H-pyrrole nitrogens is 1. The first-order valence-corrected chi connectivity index (χ1v) is 6.17. The van der Waals surface area contributed by atoms with Gasteiger partial charge in [-0.2, -0.15) is 5.21 Å². The standard InChI is InChI=1S/C11H12BrN5O/c1-6-5-8(3-4-9(6)12)11(18)13-7(2)10-14-16-17-15-10/h3-5,7H,1-2H3,(H,13,18)(H,14,15,16,17). The molecule has 1 atom stereocenters. The Morgan fingerprint density at radius 2 is 2.28 bits per heavy atom. The second-order valence-electron chi connectivity index (χ2n) is 3.93. The summed E-state index contributed by atoms with van der Waals surface area (Å²) in [6.07, 6.45) is 0. The predicted octanol–water partition coefficient (Wildman–Crippen LogP) is 1.76. The second-order valence-corrected chi connectivity index (χ2v) is 4.78. The summed E-state index contributed by atoms with van der Waals surface area (Å²) in [5.41, 5.74) is 1.61. The van der Waals surface area contributed by atoms with Gasteiger partial charge in [-0.25, -0.2) is 0 Å². The van der Waals surface area contributed by atoms with Crippen molar-refractivity contribution in [3.8, 4) is 0 Å². The number of aromatic nitrogens is 4. The molecular formula is C11H12BrN5O. The van der Waals surface area contributed by atoms with Crippen LogP contribution in [0, 0.1) is 6.92 Å². The average Bonchev–Trinajstić information content (AvgIpc) is 2.86. The van der Waals surface area contributed by atoms with Crippen LogP contribution in [0.15, 0.2) is 22.7 Å². The molecule has 6 nitrogen and oxygen atoms in total. The van der Waals surface area contributed by atoms with E-state index in [4.69, 9.17) is 0 Å². The van der Waals surface area contributed by atoms with E-state index in [0.717, 1.165) is 10.0 Å². The van der Waals surface area contributed by atoms with E-state index in [-0.39, 0.29) is 11.9 Å². The van der Waals surface area contributed by atoms with Gasteiger partial charge in [0, 0.05) is 10.0 Å². The number of nitrogens with one attached hydrogen (secondary N) is 2. The molecular weight excluding hydrogens is 298 g/mol. The molecule has 0 saturated heterocycles. The number of halogens is 1. The van der Waals surface area contributed by atoms with Gasteiger partial charge in [0.25, 0.3) is 5.91 Å². The first-order valence-electron chi connectivity index (χ1n) is 5.38. The molecule has 0 aliphatic heterocycles. The van der Waals surface area contributed by atoms with Crippen molar-refractivity contribution in [3.63, 3.8) is 0 Å². The molecule has 0 saturated carbocycles. The molecule has 0 bridgehead atoms. The molecule has 1 aromatic carbocycles. The zero-order valence-electron chi connectivity index (χ0n) is 9.94. The maximum absolute atomic E-state index is 12.0. The van der Waals surface area contributed by atoms with Crippen molar-refractivity contribution in [3.05, 3.63) is 39.6 Å². The summed E-state index contributed by atoms with van der Waals surface area (Å²) in [6.45, 7) is 3.73. The lowest BCUT2D eigenvalue weighted by Crippen LogP contribution is -2.27. The third-order valence-electron chi connectivity index (χ3n) is 2.52. The molecule has 0 radical (unpaired) electrons. The SMILES string of the molecule is Cc1cc(C(=O)NC(C)c2nn[nH]n2)ccc1Br. The molecule has 2 N–H and O–H groups in total. The fourth-order valence-electron chi connectivity index (χ4n) is 1.48. The number of aromatic amines is 1. The second kappa shape index (κ2) is 5.26. The molecule has 2 rings (SSSR count).